The van der Waals surface area contributed by atoms with Crippen molar-refractivity contribution in [1.82, 2.24) is 10.3 Å². The van der Waals surface area contributed by atoms with Crippen molar-refractivity contribution in [3.05, 3.63) is 41.2 Å². The van der Waals surface area contributed by atoms with Crippen LogP contribution >= 0.6 is 11.3 Å². The number of carbonyl (C=O) groups excluding carboxylic acids is 1. The zero-order valence-corrected chi connectivity index (χ0v) is 13.8. The van der Waals surface area contributed by atoms with Gasteiger partial charge >= 0.3 is 0 Å². The summed E-state index contributed by atoms with van der Waals surface area (Å²) in [5.41, 5.74) is 1.35. The van der Waals surface area contributed by atoms with Gasteiger partial charge in [-0.1, -0.05) is 26.0 Å². The van der Waals surface area contributed by atoms with Gasteiger partial charge in [0, 0.05) is 23.9 Å². The summed E-state index contributed by atoms with van der Waals surface area (Å²) in [6.45, 7) is 4.98. The van der Waals surface area contributed by atoms with Crippen LogP contribution in [0.15, 0.2) is 29.6 Å². The van der Waals surface area contributed by atoms with Crippen molar-refractivity contribution < 1.29 is 9.18 Å². The van der Waals surface area contributed by atoms with Gasteiger partial charge in [-0.25, -0.2) is 9.37 Å². The Morgan fingerprint density at radius 2 is 2.14 bits per heavy atom. The van der Waals surface area contributed by atoms with Crippen LogP contribution in [0.2, 0.25) is 0 Å². The van der Waals surface area contributed by atoms with Crippen LogP contribution in [0.1, 0.15) is 32.4 Å². The van der Waals surface area contributed by atoms with E-state index in [1.165, 1.54) is 17.4 Å². The van der Waals surface area contributed by atoms with Crippen LogP contribution in [0.4, 0.5) is 4.39 Å². The van der Waals surface area contributed by atoms with Crippen molar-refractivity contribution in [2.24, 2.45) is 5.92 Å². The van der Waals surface area contributed by atoms with E-state index in [0.29, 0.717) is 35.9 Å². The third kappa shape index (κ3) is 4.91. The number of amides is 1. The van der Waals surface area contributed by atoms with E-state index < -0.39 is 0 Å². The molecule has 118 valence electrons. The molecule has 1 N–H and O–H groups in total. The molecule has 0 spiro atoms. The summed E-state index contributed by atoms with van der Waals surface area (Å²) in [5.74, 6) is 0.359. The molecule has 0 saturated heterocycles. The standard InChI is InChI=1S/C17H21FN2OS/c1-12(2)9-10-19-16(21)8-7-13-11-22-17(20-13)14-5-3-4-6-15(14)18/h3-6,11-12H,7-10H2,1-2H3,(H,19,21). The quantitative estimate of drug-likeness (QED) is 0.836. The number of nitrogens with zero attached hydrogens (tertiary/aromatic N) is 1. The number of nitrogens with one attached hydrogen (secondary N) is 1. The normalized spacial score (nSPS) is 10.9. The third-order valence-corrected chi connectivity index (χ3v) is 4.23. The van der Waals surface area contributed by atoms with E-state index in [-0.39, 0.29) is 11.7 Å². The van der Waals surface area contributed by atoms with Gasteiger partial charge in [0.25, 0.3) is 0 Å². The SMILES string of the molecule is CC(C)CCNC(=O)CCc1csc(-c2ccccc2F)n1. The highest BCUT2D eigenvalue weighted by molar-refractivity contribution is 7.13. The molecular weight excluding hydrogens is 299 g/mol. The minimum atomic E-state index is -0.269. The Bertz CT molecular complexity index is 625. The lowest BCUT2D eigenvalue weighted by atomic mass is 10.1. The number of halogens is 1. The van der Waals surface area contributed by atoms with Crippen molar-refractivity contribution in [1.29, 1.82) is 0 Å². The van der Waals surface area contributed by atoms with E-state index in [0.717, 1.165) is 12.1 Å². The highest BCUT2D eigenvalue weighted by Gasteiger charge is 2.10. The molecule has 22 heavy (non-hydrogen) atoms. The Labute approximate surface area is 134 Å². The zero-order valence-electron chi connectivity index (χ0n) is 12.9. The number of thiazole rings is 1. The number of carbonyl (C=O) groups is 1. The molecule has 1 aromatic carbocycles. The Balaban J connectivity index is 1.85. The van der Waals surface area contributed by atoms with E-state index in [9.17, 15) is 9.18 Å². The molecule has 0 bridgehead atoms. The predicted octanol–water partition coefficient (Wildman–Crippen LogP) is 4.04. The maximum absolute atomic E-state index is 13.7. The molecule has 5 heteroatoms. The number of rotatable bonds is 7. The van der Waals surface area contributed by atoms with Crippen molar-refractivity contribution >= 4 is 17.2 Å². The van der Waals surface area contributed by atoms with Gasteiger partial charge < -0.3 is 5.32 Å². The number of hydrogen-bond donors (Lipinski definition) is 1. The van der Waals surface area contributed by atoms with Gasteiger partial charge in [0.1, 0.15) is 10.8 Å². The maximum Gasteiger partial charge on any atom is 0.220 e. The largest absolute Gasteiger partial charge is 0.356 e. The molecule has 0 aliphatic carbocycles. The molecule has 1 amide bonds. The smallest absolute Gasteiger partial charge is 0.220 e. The molecule has 0 unspecified atom stereocenters. The Morgan fingerprint density at radius 3 is 2.86 bits per heavy atom. The van der Waals surface area contributed by atoms with E-state index in [4.69, 9.17) is 0 Å². The van der Waals surface area contributed by atoms with Crippen LogP contribution in [0.3, 0.4) is 0 Å². The molecule has 2 rings (SSSR count). The van der Waals surface area contributed by atoms with Gasteiger partial charge in [-0.05, 0) is 30.9 Å². The Hall–Kier alpha value is -1.75. The van der Waals surface area contributed by atoms with Crippen LogP contribution in [-0.2, 0) is 11.2 Å². The van der Waals surface area contributed by atoms with Gasteiger partial charge in [-0.15, -0.1) is 11.3 Å². The molecule has 0 fully saturated rings. The van der Waals surface area contributed by atoms with Crippen LogP contribution < -0.4 is 5.32 Å². The van der Waals surface area contributed by atoms with E-state index >= 15 is 0 Å². The molecule has 3 nitrogen and oxygen atoms in total. The molecule has 2 aromatic rings. The second kappa shape index (κ2) is 8.03. The minimum absolute atomic E-state index is 0.0427. The molecule has 0 aliphatic heterocycles. The predicted molar refractivity (Wildman–Crippen MR) is 88.3 cm³/mol. The summed E-state index contributed by atoms with van der Waals surface area (Å²) in [6, 6.07) is 6.60. The third-order valence-electron chi connectivity index (χ3n) is 3.31. The molecule has 0 saturated carbocycles. The first kappa shape index (κ1) is 16.6. The van der Waals surface area contributed by atoms with E-state index in [1.807, 2.05) is 5.38 Å². The highest BCUT2D eigenvalue weighted by Crippen LogP contribution is 2.26. The average molecular weight is 320 g/mol. The minimum Gasteiger partial charge on any atom is -0.356 e. The first-order valence-corrected chi connectivity index (χ1v) is 8.40. The van der Waals surface area contributed by atoms with Gasteiger partial charge in [-0.2, -0.15) is 0 Å². The lowest BCUT2D eigenvalue weighted by Crippen LogP contribution is -2.25. The fraction of sp³-hybridized carbons (Fsp3) is 0.412. The van der Waals surface area contributed by atoms with Crippen molar-refractivity contribution in [3.8, 4) is 10.6 Å². The number of aromatic nitrogens is 1. The van der Waals surface area contributed by atoms with Crippen LogP contribution in [0.25, 0.3) is 10.6 Å². The number of hydrogen-bond acceptors (Lipinski definition) is 3. The van der Waals surface area contributed by atoms with Crippen LogP contribution in [-0.4, -0.2) is 17.4 Å². The van der Waals surface area contributed by atoms with Crippen molar-refractivity contribution in [2.75, 3.05) is 6.54 Å². The number of benzene rings is 1. The summed E-state index contributed by atoms with van der Waals surface area (Å²) in [5, 5.41) is 5.46. The second-order valence-corrected chi connectivity index (χ2v) is 6.51. The van der Waals surface area contributed by atoms with Crippen molar-refractivity contribution in [2.45, 2.75) is 33.1 Å². The summed E-state index contributed by atoms with van der Waals surface area (Å²) >= 11 is 1.41. The van der Waals surface area contributed by atoms with Gasteiger partial charge in [0.2, 0.25) is 5.91 Å². The van der Waals surface area contributed by atoms with Crippen LogP contribution in [0.5, 0.6) is 0 Å². The second-order valence-electron chi connectivity index (χ2n) is 5.66. The molecule has 0 atom stereocenters. The Kier molecular flexibility index (Phi) is 6.07. The monoisotopic (exact) mass is 320 g/mol. The molecule has 1 heterocycles. The van der Waals surface area contributed by atoms with Crippen LogP contribution in [0, 0.1) is 11.7 Å². The first-order chi connectivity index (χ1) is 10.6. The van der Waals surface area contributed by atoms with Gasteiger partial charge in [0.15, 0.2) is 0 Å². The fourth-order valence-electron chi connectivity index (χ4n) is 2.01. The first-order valence-electron chi connectivity index (χ1n) is 7.52. The fourth-order valence-corrected chi connectivity index (χ4v) is 2.89. The number of aryl methyl sites for hydroxylation is 1. The Morgan fingerprint density at radius 1 is 1.36 bits per heavy atom. The summed E-state index contributed by atoms with van der Waals surface area (Å²) in [7, 11) is 0. The lowest BCUT2D eigenvalue weighted by Gasteiger charge is -2.06. The van der Waals surface area contributed by atoms with Crippen molar-refractivity contribution in [3.63, 3.8) is 0 Å². The van der Waals surface area contributed by atoms with E-state index in [1.54, 1.807) is 18.2 Å². The summed E-state index contributed by atoms with van der Waals surface area (Å²) in [6.07, 6.45) is 1.98. The lowest BCUT2D eigenvalue weighted by molar-refractivity contribution is -0.121. The molecular formula is C17H21FN2OS. The zero-order chi connectivity index (χ0) is 15.9. The molecule has 0 aliphatic rings. The summed E-state index contributed by atoms with van der Waals surface area (Å²) < 4.78 is 13.7. The molecule has 0 radical (unpaired) electrons. The maximum atomic E-state index is 13.7. The summed E-state index contributed by atoms with van der Waals surface area (Å²) in [4.78, 5) is 16.2. The highest BCUT2D eigenvalue weighted by atomic mass is 32.1. The topological polar surface area (TPSA) is 42.0 Å². The van der Waals surface area contributed by atoms with Gasteiger partial charge in [-0.3, -0.25) is 4.79 Å². The molecule has 1 aromatic heterocycles. The van der Waals surface area contributed by atoms with E-state index in [2.05, 4.69) is 24.1 Å². The van der Waals surface area contributed by atoms with Gasteiger partial charge in [0.05, 0.1) is 5.69 Å². The average Bonchev–Trinajstić information content (AvgIpc) is 2.94.